The first-order valence-corrected chi connectivity index (χ1v) is 14.9. The van der Waals surface area contributed by atoms with Crippen molar-refractivity contribution < 1.29 is 22.7 Å². The van der Waals surface area contributed by atoms with Crippen molar-refractivity contribution in [1.29, 1.82) is 0 Å². The number of likely N-dealkylation sites (N-methyl/N-ethyl adjacent to an activating group) is 3. The highest BCUT2D eigenvalue weighted by Gasteiger charge is 2.32. The third kappa shape index (κ3) is 7.44. The molecule has 1 aromatic carbocycles. The van der Waals surface area contributed by atoms with Gasteiger partial charge < -0.3 is 19.3 Å². The number of rotatable bonds is 11. The van der Waals surface area contributed by atoms with Crippen LogP contribution in [0.15, 0.2) is 17.0 Å². The van der Waals surface area contributed by atoms with Crippen molar-refractivity contribution in [1.82, 2.24) is 19.0 Å². The molecule has 210 valence electrons. The third-order valence-corrected chi connectivity index (χ3v) is 10.2. The van der Waals surface area contributed by atoms with Gasteiger partial charge in [-0.05, 0) is 69.3 Å². The van der Waals surface area contributed by atoms with Gasteiger partial charge in [-0.1, -0.05) is 6.92 Å². The molecule has 2 unspecified atom stereocenters. The lowest BCUT2D eigenvalue weighted by atomic mass is 9.88. The van der Waals surface area contributed by atoms with E-state index in [2.05, 4.69) is 16.7 Å². The highest BCUT2D eigenvalue weighted by atomic mass is 32.2. The molecule has 2 fully saturated rings. The summed E-state index contributed by atoms with van der Waals surface area (Å²) >= 11 is 0. The summed E-state index contributed by atoms with van der Waals surface area (Å²) in [5, 5.41) is 0. The number of methoxy groups -OCH3 is 1. The summed E-state index contributed by atoms with van der Waals surface area (Å²) in [4.78, 5) is 20.1. The molecule has 2 atom stereocenters. The molecule has 0 N–H and O–H groups in total. The van der Waals surface area contributed by atoms with E-state index in [0.717, 1.165) is 52.0 Å². The molecule has 1 saturated carbocycles. The second-order valence-corrected chi connectivity index (χ2v) is 12.4. The number of amides is 1. The molecule has 1 saturated heterocycles. The smallest absolute Gasteiger partial charge is 0.248 e. The Labute approximate surface area is 223 Å². The number of carbonyl (C=O) groups is 1. The number of benzene rings is 1. The molecule has 10 heteroatoms. The quantitative estimate of drug-likeness (QED) is 0.400. The zero-order valence-electron chi connectivity index (χ0n) is 23.5. The van der Waals surface area contributed by atoms with Gasteiger partial charge in [0.1, 0.15) is 12.4 Å². The Morgan fingerprint density at radius 2 is 1.73 bits per heavy atom. The molecule has 1 aliphatic carbocycles. The van der Waals surface area contributed by atoms with Gasteiger partial charge in [-0.3, -0.25) is 9.69 Å². The van der Waals surface area contributed by atoms with Gasteiger partial charge in [0.2, 0.25) is 15.9 Å². The van der Waals surface area contributed by atoms with Crippen LogP contribution in [0.3, 0.4) is 0 Å². The van der Waals surface area contributed by atoms with E-state index >= 15 is 0 Å². The van der Waals surface area contributed by atoms with E-state index < -0.39 is 10.0 Å². The maximum absolute atomic E-state index is 13.2. The fraction of sp³-hybridized carbons (Fsp3) is 0.741. The number of hydrogen-bond acceptors (Lipinski definition) is 7. The first-order chi connectivity index (χ1) is 17.6. The normalized spacial score (nSPS) is 21.8. The van der Waals surface area contributed by atoms with Crippen molar-refractivity contribution in [3.8, 4) is 5.75 Å². The molecule has 1 aromatic rings. The van der Waals surface area contributed by atoms with E-state index in [1.54, 1.807) is 33.1 Å². The number of nitrogens with zero attached hydrogens (tertiary/aromatic N) is 4. The van der Waals surface area contributed by atoms with E-state index in [9.17, 15) is 13.2 Å². The molecule has 37 heavy (non-hydrogen) atoms. The van der Waals surface area contributed by atoms with E-state index in [0.29, 0.717) is 22.9 Å². The van der Waals surface area contributed by atoms with Gasteiger partial charge in [0.05, 0.1) is 18.6 Å². The molecule has 9 nitrogen and oxygen atoms in total. The minimum Gasteiger partial charge on any atom is -0.497 e. The number of carbonyl (C=O) groups excluding carboxylic acids is 1. The third-order valence-electron chi connectivity index (χ3n) is 8.04. The summed E-state index contributed by atoms with van der Waals surface area (Å²) in [5.74, 6) is 0.583. The Morgan fingerprint density at radius 1 is 1.08 bits per heavy atom. The van der Waals surface area contributed by atoms with Crippen molar-refractivity contribution in [3.05, 3.63) is 23.3 Å². The summed E-state index contributed by atoms with van der Waals surface area (Å²) in [7, 11) is 1.29. The Hall–Kier alpha value is -1.72. The van der Waals surface area contributed by atoms with Crippen molar-refractivity contribution in [2.24, 2.45) is 0 Å². The van der Waals surface area contributed by atoms with Crippen LogP contribution in [0.4, 0.5) is 0 Å². The molecule has 0 aromatic heterocycles. The summed E-state index contributed by atoms with van der Waals surface area (Å²) in [6.07, 6.45) is 4.37. The average molecular weight is 539 g/mol. The summed E-state index contributed by atoms with van der Waals surface area (Å²) in [6, 6.07) is 4.21. The lowest BCUT2D eigenvalue weighted by Gasteiger charge is -2.43. The molecule has 1 aliphatic heterocycles. The Kier molecular flexibility index (Phi) is 10.8. The minimum atomic E-state index is -3.69. The van der Waals surface area contributed by atoms with Crippen LogP contribution in [-0.4, -0.2) is 119 Å². The number of ether oxygens (including phenoxy) is 2. The fourth-order valence-electron chi connectivity index (χ4n) is 5.64. The Morgan fingerprint density at radius 3 is 2.32 bits per heavy atom. The van der Waals surface area contributed by atoms with Crippen LogP contribution in [-0.2, 0) is 19.6 Å². The monoisotopic (exact) mass is 538 g/mol. The Balaban J connectivity index is 1.46. The van der Waals surface area contributed by atoms with Gasteiger partial charge in [0, 0.05) is 58.9 Å². The van der Waals surface area contributed by atoms with Gasteiger partial charge in [-0.15, -0.1) is 0 Å². The highest BCUT2D eigenvalue weighted by molar-refractivity contribution is 7.89. The molecule has 3 rings (SSSR count). The standard InChI is InChI=1S/C27H46N4O5S/c1-7-30-11-13-31(14-12-30)24-10-8-9-23(19-24)29(5)26(32)20-36-16-15-28(4)37(33,34)27-21(2)17-25(35-6)18-22(27)3/h17-18,23-24H,7-16,19-20H2,1-6H3. The van der Waals surface area contributed by atoms with Gasteiger partial charge in [0.25, 0.3) is 0 Å². The first kappa shape index (κ1) is 29.8. The second kappa shape index (κ2) is 13.4. The minimum absolute atomic E-state index is 0.0404. The number of aryl methyl sites for hydroxylation is 2. The lowest BCUT2D eigenvalue weighted by Crippen LogP contribution is -2.53. The zero-order valence-corrected chi connectivity index (χ0v) is 24.3. The summed E-state index contributed by atoms with van der Waals surface area (Å²) in [5.41, 5.74) is 1.28. The maximum Gasteiger partial charge on any atom is 0.248 e. The van der Waals surface area contributed by atoms with Crippen LogP contribution in [0.2, 0.25) is 0 Å². The molecular formula is C27H46N4O5S. The van der Waals surface area contributed by atoms with Crippen LogP contribution in [0.1, 0.15) is 43.7 Å². The molecule has 0 spiro atoms. The van der Waals surface area contributed by atoms with Gasteiger partial charge >= 0.3 is 0 Å². The van der Waals surface area contributed by atoms with Crippen LogP contribution < -0.4 is 4.74 Å². The van der Waals surface area contributed by atoms with Crippen LogP contribution in [0.5, 0.6) is 5.75 Å². The molecular weight excluding hydrogens is 492 g/mol. The van der Waals surface area contributed by atoms with Crippen molar-refractivity contribution in [3.63, 3.8) is 0 Å². The Bertz CT molecular complexity index is 987. The molecule has 1 heterocycles. The van der Waals surface area contributed by atoms with Gasteiger partial charge in [-0.25, -0.2) is 8.42 Å². The second-order valence-electron chi connectivity index (χ2n) is 10.4. The van der Waals surface area contributed by atoms with Gasteiger partial charge in [-0.2, -0.15) is 4.31 Å². The fourth-order valence-corrected chi connectivity index (χ4v) is 7.19. The lowest BCUT2D eigenvalue weighted by molar-refractivity contribution is -0.138. The SMILES string of the molecule is CCN1CCN(C2CCCC(N(C)C(=O)COCCN(C)S(=O)(=O)c3c(C)cc(OC)cc3C)C2)CC1. The van der Waals surface area contributed by atoms with E-state index in [-0.39, 0.29) is 36.6 Å². The summed E-state index contributed by atoms with van der Waals surface area (Å²) < 4.78 is 38.5. The number of sulfonamides is 1. The van der Waals surface area contributed by atoms with E-state index in [1.807, 2.05) is 11.9 Å². The first-order valence-electron chi connectivity index (χ1n) is 13.5. The van der Waals surface area contributed by atoms with Gasteiger partial charge in [0.15, 0.2) is 0 Å². The molecule has 2 aliphatic rings. The molecule has 0 bridgehead atoms. The largest absolute Gasteiger partial charge is 0.497 e. The van der Waals surface area contributed by atoms with Crippen molar-refractivity contribution in [2.75, 3.05) is 73.7 Å². The van der Waals surface area contributed by atoms with Crippen LogP contribution in [0, 0.1) is 13.8 Å². The summed E-state index contributed by atoms with van der Waals surface area (Å²) in [6.45, 7) is 11.6. The zero-order chi connectivity index (χ0) is 27.2. The van der Waals surface area contributed by atoms with Crippen LogP contribution >= 0.6 is 0 Å². The van der Waals surface area contributed by atoms with Crippen LogP contribution in [0.25, 0.3) is 0 Å². The van der Waals surface area contributed by atoms with E-state index in [1.165, 1.54) is 17.8 Å². The maximum atomic E-state index is 13.2. The number of piperazine rings is 1. The molecule has 0 radical (unpaired) electrons. The van der Waals surface area contributed by atoms with E-state index in [4.69, 9.17) is 9.47 Å². The van der Waals surface area contributed by atoms with Crippen molar-refractivity contribution in [2.45, 2.75) is 63.4 Å². The average Bonchev–Trinajstić information content (AvgIpc) is 2.89. The number of hydrogen-bond donors (Lipinski definition) is 0. The highest BCUT2D eigenvalue weighted by Crippen LogP contribution is 2.28. The molecule has 1 amide bonds. The van der Waals surface area contributed by atoms with Crippen molar-refractivity contribution >= 4 is 15.9 Å². The topological polar surface area (TPSA) is 82.6 Å². The predicted octanol–water partition coefficient (Wildman–Crippen LogP) is 2.36. The predicted molar refractivity (Wildman–Crippen MR) is 146 cm³/mol.